The molecule has 142 valence electrons. The lowest BCUT2D eigenvalue weighted by atomic mass is 10.2. The van der Waals surface area contributed by atoms with Gasteiger partial charge in [0.05, 0.1) is 16.3 Å². The third-order valence-corrected chi connectivity index (χ3v) is 4.03. The number of nitrogens with zero attached hydrogens (tertiary/aromatic N) is 1. The molecule has 0 saturated carbocycles. The highest BCUT2D eigenvalue weighted by atomic mass is 35.5. The van der Waals surface area contributed by atoms with Crippen LogP contribution in [0, 0.1) is 0 Å². The molecular weight excluding hydrogens is 389 g/mol. The van der Waals surface area contributed by atoms with E-state index in [1.54, 1.807) is 44.2 Å². The van der Waals surface area contributed by atoms with Crippen molar-refractivity contribution in [3.05, 3.63) is 63.6 Å². The molecule has 2 amide bonds. The number of para-hydroxylation sites is 1. The van der Waals surface area contributed by atoms with E-state index in [2.05, 4.69) is 15.8 Å². The summed E-state index contributed by atoms with van der Waals surface area (Å²) in [5, 5.41) is 7.22. The van der Waals surface area contributed by atoms with Gasteiger partial charge in [0.1, 0.15) is 12.4 Å². The molecule has 0 heterocycles. The number of ether oxygens (including phenoxy) is 1. The first-order valence-electron chi connectivity index (χ1n) is 8.16. The summed E-state index contributed by atoms with van der Waals surface area (Å²) in [6.07, 6.45) is 1.41. The van der Waals surface area contributed by atoms with Crippen LogP contribution in [0.15, 0.2) is 47.6 Å². The van der Waals surface area contributed by atoms with Crippen LogP contribution in [0.4, 0.5) is 0 Å². The largest absolute Gasteiger partial charge is 0.488 e. The Morgan fingerprint density at radius 2 is 1.85 bits per heavy atom. The summed E-state index contributed by atoms with van der Waals surface area (Å²) in [6, 6.07) is 12.3. The second-order valence-corrected chi connectivity index (χ2v) is 6.72. The standard InChI is InChI=1S/C19H19Cl2N3O3/c1-12(2)23-18(25)19(26)24-22-10-14-5-3-4-6-17(14)27-11-13-7-8-15(20)16(21)9-13/h3-10,12H,11H2,1-2H3,(H,23,25)(H,24,26)/b22-10-. The van der Waals surface area contributed by atoms with Gasteiger partial charge >= 0.3 is 11.8 Å². The minimum atomic E-state index is -0.839. The molecule has 0 aliphatic rings. The highest BCUT2D eigenvalue weighted by molar-refractivity contribution is 6.42. The van der Waals surface area contributed by atoms with Crippen molar-refractivity contribution in [3.63, 3.8) is 0 Å². The summed E-state index contributed by atoms with van der Waals surface area (Å²) in [5.74, 6) is -1.02. The first-order chi connectivity index (χ1) is 12.9. The molecular formula is C19H19Cl2N3O3. The fourth-order valence-electron chi connectivity index (χ4n) is 2.05. The van der Waals surface area contributed by atoms with E-state index < -0.39 is 11.8 Å². The molecule has 2 N–H and O–H groups in total. The molecule has 0 aromatic heterocycles. The Morgan fingerprint density at radius 3 is 2.56 bits per heavy atom. The quantitative estimate of drug-likeness (QED) is 0.436. The zero-order valence-electron chi connectivity index (χ0n) is 14.8. The molecule has 0 radical (unpaired) electrons. The Hall–Kier alpha value is -2.57. The Balaban J connectivity index is 1.99. The van der Waals surface area contributed by atoms with E-state index >= 15 is 0 Å². The first-order valence-corrected chi connectivity index (χ1v) is 8.92. The van der Waals surface area contributed by atoms with Crippen molar-refractivity contribution in [3.8, 4) is 5.75 Å². The van der Waals surface area contributed by atoms with E-state index in [9.17, 15) is 9.59 Å². The molecule has 2 rings (SSSR count). The van der Waals surface area contributed by atoms with Crippen molar-refractivity contribution in [2.75, 3.05) is 0 Å². The van der Waals surface area contributed by atoms with Gasteiger partial charge in [0, 0.05) is 11.6 Å². The summed E-state index contributed by atoms with van der Waals surface area (Å²) >= 11 is 11.9. The summed E-state index contributed by atoms with van der Waals surface area (Å²) in [4.78, 5) is 23.2. The Kier molecular flexibility index (Phi) is 7.64. The van der Waals surface area contributed by atoms with Gasteiger partial charge in [0.2, 0.25) is 0 Å². The molecule has 8 heteroatoms. The van der Waals surface area contributed by atoms with Crippen LogP contribution in [-0.4, -0.2) is 24.1 Å². The fraction of sp³-hybridized carbons (Fsp3) is 0.211. The van der Waals surface area contributed by atoms with Gasteiger partial charge in [-0.25, -0.2) is 5.43 Å². The molecule has 2 aromatic rings. The Bertz CT molecular complexity index is 854. The molecule has 0 aliphatic heterocycles. The van der Waals surface area contributed by atoms with Gasteiger partial charge in [-0.15, -0.1) is 0 Å². The third-order valence-electron chi connectivity index (χ3n) is 3.29. The van der Waals surface area contributed by atoms with Crippen LogP contribution < -0.4 is 15.5 Å². The van der Waals surface area contributed by atoms with Crippen LogP contribution in [0.1, 0.15) is 25.0 Å². The normalized spacial score (nSPS) is 10.9. The predicted octanol–water partition coefficient (Wildman–Crippen LogP) is 3.55. The van der Waals surface area contributed by atoms with Crippen molar-refractivity contribution in [1.29, 1.82) is 0 Å². The average molecular weight is 408 g/mol. The van der Waals surface area contributed by atoms with E-state index in [0.29, 0.717) is 21.4 Å². The van der Waals surface area contributed by atoms with Crippen LogP contribution in [0.5, 0.6) is 5.75 Å². The van der Waals surface area contributed by atoms with Crippen LogP contribution in [0.2, 0.25) is 10.0 Å². The van der Waals surface area contributed by atoms with Crippen molar-refractivity contribution in [2.45, 2.75) is 26.5 Å². The molecule has 0 bridgehead atoms. The van der Waals surface area contributed by atoms with E-state index in [4.69, 9.17) is 27.9 Å². The summed E-state index contributed by atoms with van der Waals surface area (Å²) < 4.78 is 5.79. The maximum Gasteiger partial charge on any atom is 0.329 e. The molecule has 0 spiro atoms. The van der Waals surface area contributed by atoms with Gasteiger partial charge in [0.15, 0.2) is 0 Å². The summed E-state index contributed by atoms with van der Waals surface area (Å²) in [6.45, 7) is 3.80. The van der Waals surface area contributed by atoms with E-state index in [-0.39, 0.29) is 12.6 Å². The lowest BCUT2D eigenvalue weighted by molar-refractivity contribution is -0.139. The van der Waals surface area contributed by atoms with E-state index in [1.807, 2.05) is 12.1 Å². The van der Waals surface area contributed by atoms with Crippen LogP contribution in [-0.2, 0) is 16.2 Å². The summed E-state index contributed by atoms with van der Waals surface area (Å²) in [7, 11) is 0. The zero-order chi connectivity index (χ0) is 19.8. The number of hydrazone groups is 1. The number of hydrogen-bond donors (Lipinski definition) is 2. The number of benzene rings is 2. The number of halogens is 2. The second-order valence-electron chi connectivity index (χ2n) is 5.90. The molecule has 0 aliphatic carbocycles. The lowest BCUT2D eigenvalue weighted by Crippen LogP contribution is -2.41. The monoisotopic (exact) mass is 407 g/mol. The number of carbonyl (C=O) groups excluding carboxylic acids is 2. The number of hydrogen-bond acceptors (Lipinski definition) is 4. The molecule has 0 atom stereocenters. The topological polar surface area (TPSA) is 79.8 Å². The first kappa shape index (κ1) is 20.7. The molecule has 27 heavy (non-hydrogen) atoms. The molecule has 0 fully saturated rings. The van der Waals surface area contributed by atoms with Crippen molar-refractivity contribution in [1.82, 2.24) is 10.7 Å². The van der Waals surface area contributed by atoms with Gasteiger partial charge in [-0.1, -0.05) is 41.4 Å². The van der Waals surface area contributed by atoms with Crippen molar-refractivity contribution >= 4 is 41.2 Å². The average Bonchev–Trinajstić information content (AvgIpc) is 2.63. The molecule has 2 aromatic carbocycles. The van der Waals surface area contributed by atoms with Crippen LogP contribution in [0.3, 0.4) is 0 Å². The van der Waals surface area contributed by atoms with Gasteiger partial charge < -0.3 is 10.1 Å². The smallest absolute Gasteiger partial charge is 0.329 e. The van der Waals surface area contributed by atoms with Gasteiger partial charge in [-0.2, -0.15) is 5.10 Å². The van der Waals surface area contributed by atoms with Gasteiger partial charge in [-0.3, -0.25) is 9.59 Å². The second kappa shape index (κ2) is 9.94. The van der Waals surface area contributed by atoms with Crippen molar-refractivity contribution < 1.29 is 14.3 Å². The van der Waals surface area contributed by atoms with Crippen LogP contribution in [0.25, 0.3) is 0 Å². The number of rotatable bonds is 6. The van der Waals surface area contributed by atoms with Crippen molar-refractivity contribution in [2.24, 2.45) is 5.10 Å². The Morgan fingerprint density at radius 1 is 1.11 bits per heavy atom. The predicted molar refractivity (Wildman–Crippen MR) is 106 cm³/mol. The van der Waals surface area contributed by atoms with E-state index in [1.165, 1.54) is 6.21 Å². The molecule has 0 unspecified atom stereocenters. The summed E-state index contributed by atoms with van der Waals surface area (Å²) in [5.41, 5.74) is 3.68. The number of amides is 2. The van der Waals surface area contributed by atoms with Crippen LogP contribution >= 0.6 is 23.2 Å². The van der Waals surface area contributed by atoms with E-state index in [0.717, 1.165) is 5.56 Å². The lowest BCUT2D eigenvalue weighted by Gasteiger charge is -2.10. The van der Waals surface area contributed by atoms with Gasteiger partial charge in [-0.05, 0) is 43.7 Å². The highest BCUT2D eigenvalue weighted by Gasteiger charge is 2.13. The third kappa shape index (κ3) is 6.58. The fourth-order valence-corrected chi connectivity index (χ4v) is 2.37. The maximum absolute atomic E-state index is 11.6. The molecule has 6 nitrogen and oxygen atoms in total. The molecule has 0 saturated heterocycles. The maximum atomic E-state index is 11.6. The van der Waals surface area contributed by atoms with Gasteiger partial charge in [0.25, 0.3) is 0 Å². The highest BCUT2D eigenvalue weighted by Crippen LogP contribution is 2.24. The Labute approximate surface area is 167 Å². The zero-order valence-corrected chi connectivity index (χ0v) is 16.3. The SMILES string of the molecule is CC(C)NC(=O)C(=O)N/N=C\c1ccccc1OCc1ccc(Cl)c(Cl)c1. The number of carbonyl (C=O) groups is 2. The minimum absolute atomic E-state index is 0.136. The number of nitrogens with one attached hydrogen (secondary N) is 2. The minimum Gasteiger partial charge on any atom is -0.488 e.